The van der Waals surface area contributed by atoms with Crippen molar-refractivity contribution in [3.05, 3.63) is 0 Å². The Labute approximate surface area is 673 Å². The van der Waals surface area contributed by atoms with E-state index in [-0.39, 0.29) is 102 Å². The number of carboxylic acids is 2. The van der Waals surface area contributed by atoms with E-state index in [0.29, 0.717) is 12.3 Å². The molecule has 13 amide bonds. The molecule has 0 aromatic rings. The topological polar surface area (TPSA) is 632 Å². The molecule has 656 valence electrons. The van der Waals surface area contributed by atoms with E-state index >= 15 is 19.2 Å². The SMILES string of the molecule is CO[C@H](C)[C@@H]1NC(=O)C[C@H](CCC(N)=O)N(C)C(=O)[C@H](CC(C)C)NC(=O)[C@@H](CCCN)NC(=O)[C@@H](CO)NC(=O)[C@H](NC(=O)[C@@H](NC(=O)[C@H](O)[C@H](O)[C@H](CCC(=O)O)NC(=O)[C@@H](CCCN)NC(=O)[C@H](C)[C@H](O)[C@H](C)C[C@H](C)CC(C)C)[C@@H](C)[C@@H](C)C(N)=O)[C@@H]([C@H](C)C(C)C)OC(=O)[C@@H]2CCCCN2C(=O)[C@@H](CC(=O)O)NC1=O. The molecule has 0 bridgehead atoms. The molecule has 39 nitrogen and oxygen atoms in total. The third kappa shape index (κ3) is 33.0. The second-order valence-corrected chi connectivity index (χ2v) is 32.2. The maximum atomic E-state index is 15.6. The monoisotopic (exact) mass is 1640 g/mol. The van der Waals surface area contributed by atoms with Gasteiger partial charge in [-0.05, 0) is 138 Å². The van der Waals surface area contributed by atoms with Gasteiger partial charge >= 0.3 is 17.9 Å². The summed E-state index contributed by atoms with van der Waals surface area (Å²) in [4.78, 5) is 229. The molecule has 23 N–H and O–H groups in total. The molecule has 39 heteroatoms. The number of nitrogens with two attached hydrogens (primary N) is 4. The number of ether oxygens (including phenoxy) is 2. The fourth-order valence-corrected chi connectivity index (χ4v) is 14.0. The first-order valence-corrected chi connectivity index (χ1v) is 39.8. The number of hydrogen-bond donors (Lipinski definition) is 19. The van der Waals surface area contributed by atoms with Crippen LogP contribution in [0.15, 0.2) is 0 Å². The smallest absolute Gasteiger partial charge is 0.329 e. The van der Waals surface area contributed by atoms with Crippen molar-refractivity contribution >= 4 is 94.7 Å². The number of nitrogens with one attached hydrogen (secondary N) is 9. The van der Waals surface area contributed by atoms with Gasteiger partial charge < -0.3 is 121 Å². The summed E-state index contributed by atoms with van der Waals surface area (Å²) in [5.41, 5.74) is 23.0. The summed E-state index contributed by atoms with van der Waals surface area (Å²) < 4.78 is 11.7. The number of primary amides is 2. The number of aliphatic hydroxyl groups is 4. The van der Waals surface area contributed by atoms with Crippen molar-refractivity contribution in [3.63, 3.8) is 0 Å². The van der Waals surface area contributed by atoms with Crippen LogP contribution >= 0.6 is 0 Å². The number of amides is 13. The molecule has 0 spiro atoms. The molecule has 0 aromatic heterocycles. The third-order valence-corrected chi connectivity index (χ3v) is 21.6. The number of hydrogen-bond acceptors (Lipinski definition) is 24. The molecule has 2 saturated heterocycles. The number of methoxy groups -OCH3 is 1. The predicted molar refractivity (Wildman–Crippen MR) is 416 cm³/mol. The van der Waals surface area contributed by atoms with Gasteiger partial charge in [-0.2, -0.15) is 0 Å². The van der Waals surface area contributed by atoms with Gasteiger partial charge in [-0.3, -0.25) is 71.9 Å². The first-order valence-electron chi connectivity index (χ1n) is 39.8. The second kappa shape index (κ2) is 50.0. The maximum Gasteiger partial charge on any atom is 0.329 e. The van der Waals surface area contributed by atoms with Gasteiger partial charge in [-0.1, -0.05) is 83.1 Å². The van der Waals surface area contributed by atoms with Crippen LogP contribution in [0.3, 0.4) is 0 Å². The number of aliphatic hydroxyl groups excluding tert-OH is 4. The minimum absolute atomic E-state index is 0.0127. The number of likely N-dealkylation sites (N-methyl/N-ethyl adjacent to an activating group) is 1. The van der Waals surface area contributed by atoms with E-state index in [1.807, 2.05) is 6.92 Å². The van der Waals surface area contributed by atoms with E-state index in [1.165, 1.54) is 48.8 Å². The first-order chi connectivity index (χ1) is 53.7. The minimum Gasteiger partial charge on any atom is -0.481 e. The number of cyclic esters (lactones) is 1. The number of rotatable bonds is 40. The van der Waals surface area contributed by atoms with Gasteiger partial charge in [0.15, 0.2) is 6.10 Å². The lowest BCUT2D eigenvalue weighted by atomic mass is 9.83. The number of piperidine rings is 1. The Morgan fingerprint density at radius 1 is 0.626 bits per heavy atom. The zero-order valence-electron chi connectivity index (χ0n) is 69.3. The Balaban J connectivity index is 3.10. The van der Waals surface area contributed by atoms with Crippen LogP contribution in [0.1, 0.15) is 193 Å². The van der Waals surface area contributed by atoms with Crippen molar-refractivity contribution in [1.82, 2.24) is 57.7 Å². The van der Waals surface area contributed by atoms with Crippen LogP contribution in [0, 0.1) is 53.3 Å². The van der Waals surface area contributed by atoms with Crippen molar-refractivity contribution in [3.8, 4) is 0 Å². The van der Waals surface area contributed by atoms with E-state index in [9.17, 15) is 88.2 Å². The van der Waals surface area contributed by atoms with Crippen LogP contribution in [0.5, 0.6) is 0 Å². The van der Waals surface area contributed by atoms with Crippen LogP contribution in [0.25, 0.3) is 0 Å². The maximum absolute atomic E-state index is 15.6. The first kappa shape index (κ1) is 102. The van der Waals surface area contributed by atoms with Crippen molar-refractivity contribution in [2.45, 2.75) is 290 Å². The molecule has 2 heterocycles. The van der Waals surface area contributed by atoms with Gasteiger partial charge in [0, 0.05) is 51.9 Å². The molecule has 22 atom stereocenters. The molecule has 0 aliphatic carbocycles. The Morgan fingerprint density at radius 2 is 1.23 bits per heavy atom. The van der Waals surface area contributed by atoms with Crippen LogP contribution in [0.4, 0.5) is 0 Å². The van der Waals surface area contributed by atoms with Crippen LogP contribution in [-0.2, 0) is 86.2 Å². The van der Waals surface area contributed by atoms with Crippen LogP contribution in [-0.4, -0.2) is 273 Å². The normalized spacial score (nSPS) is 24.4. The summed E-state index contributed by atoms with van der Waals surface area (Å²) in [6, 6.07) is -19.6. The van der Waals surface area contributed by atoms with Gasteiger partial charge in [-0.25, -0.2) is 4.79 Å². The lowest BCUT2D eigenvalue weighted by Gasteiger charge is -2.39. The highest BCUT2D eigenvalue weighted by Gasteiger charge is 2.48. The number of nitrogens with zero attached hydrogens (tertiary/aromatic N) is 2. The highest BCUT2D eigenvalue weighted by atomic mass is 16.5. The largest absolute Gasteiger partial charge is 0.481 e. The fraction of sp³-hybridized carbons (Fsp3) is 0.789. The molecule has 0 saturated carbocycles. The van der Waals surface area contributed by atoms with Crippen molar-refractivity contribution in [2.75, 3.05) is 40.4 Å². The van der Waals surface area contributed by atoms with E-state index in [1.54, 1.807) is 34.6 Å². The molecule has 0 unspecified atom stereocenters. The number of esters is 1. The van der Waals surface area contributed by atoms with Gasteiger partial charge in [0.25, 0.3) is 5.91 Å². The quantitative estimate of drug-likeness (QED) is 0.0265. The zero-order valence-corrected chi connectivity index (χ0v) is 69.3. The standard InChI is InChI=1S/C76H133N15O24/c1-36(2)30-39(7)32-40(8)61(99)44(12)66(103)82-48(20-18-27-77)67(104)81-47(24-26-56(95)96)62(100)63(101)73(110)88-58(42(10)43(11)65(80)102)70(107)89-60-64(41(9)38(5)6)115-76(113)53-22-16-17-29-91(53)75(112)51(34-57(97)98)85-71(108)59(45(13)114-15)87-55(94)33-46(23-25-54(79)93)90(14)74(111)50(31-37(3)4)84-68(105)49(21-19-28-78)83-69(106)52(35-92)86-72(60)109/h36-53,58-64,92,99-101H,16-35,77-78H2,1-15H3,(H2,79,93)(H2,80,102)(H,81,104)(H,82,103)(H,83,106)(H,84,105)(H,85,108)(H,86,109)(H,87,94)(H,88,110)(H,89,107)(H,95,96)(H,97,98)/t39-,40-,41-,42+,43-,44-,45-,46+,47+,48-,49-,50+,51-,52-,53+,58+,59+,60-,61-,62-,63-,64-/m1/s1. The molecule has 2 aliphatic heterocycles. The van der Waals surface area contributed by atoms with Gasteiger partial charge in [0.2, 0.25) is 70.9 Å². The second-order valence-electron chi connectivity index (χ2n) is 32.2. The summed E-state index contributed by atoms with van der Waals surface area (Å²) >= 11 is 0. The summed E-state index contributed by atoms with van der Waals surface area (Å²) in [7, 11) is 2.45. The highest BCUT2D eigenvalue weighted by Crippen LogP contribution is 2.29. The average Bonchev–Trinajstić information content (AvgIpc) is 0.800. The van der Waals surface area contributed by atoms with E-state index in [4.69, 9.17) is 32.4 Å². The molecule has 0 radical (unpaired) electrons. The molecule has 0 aromatic carbocycles. The number of carbonyl (C=O) groups excluding carboxylic acids is 14. The Hall–Kier alpha value is -8.76. The Bertz CT molecular complexity index is 3280. The molecule has 2 aliphatic rings. The van der Waals surface area contributed by atoms with E-state index < -0.39 is 254 Å². The summed E-state index contributed by atoms with van der Waals surface area (Å²) in [5.74, 6) is -25.0. The van der Waals surface area contributed by atoms with Gasteiger partial charge in [-0.15, -0.1) is 0 Å². The fourth-order valence-electron chi connectivity index (χ4n) is 14.0. The molecule has 2 rings (SSSR count). The summed E-state index contributed by atoms with van der Waals surface area (Å²) in [5, 5.41) is 88.3. The minimum atomic E-state index is -2.73. The lowest BCUT2D eigenvalue weighted by molar-refractivity contribution is -0.168. The molecule has 115 heavy (non-hydrogen) atoms. The Kier molecular flexibility index (Phi) is 44.5. The number of carboxylic acid groups (broad SMARTS) is 2. The molecule has 2 fully saturated rings. The van der Waals surface area contributed by atoms with E-state index in [2.05, 4.69) is 61.7 Å². The summed E-state index contributed by atoms with van der Waals surface area (Å²) in [6.45, 7) is 19.6. The van der Waals surface area contributed by atoms with Crippen molar-refractivity contribution < 1.29 is 117 Å². The van der Waals surface area contributed by atoms with Crippen molar-refractivity contribution in [1.29, 1.82) is 0 Å². The lowest BCUT2D eigenvalue weighted by Crippen LogP contribution is -2.65. The molecular weight excluding hydrogens is 1510 g/mol. The summed E-state index contributed by atoms with van der Waals surface area (Å²) in [6.07, 6.45) is -12.2. The number of fused-ring (bicyclic) bond motifs is 1. The Morgan fingerprint density at radius 3 is 1.77 bits per heavy atom. The molecular formula is C76H133N15O24. The predicted octanol–water partition coefficient (Wildman–Crippen LogP) is -3.49. The average molecular weight is 1640 g/mol. The highest BCUT2D eigenvalue weighted by molar-refractivity contribution is 5.99. The van der Waals surface area contributed by atoms with Gasteiger partial charge in [0.05, 0.1) is 37.2 Å². The third-order valence-electron chi connectivity index (χ3n) is 21.6. The number of aliphatic carboxylic acids is 2. The van der Waals surface area contributed by atoms with E-state index in [0.717, 1.165) is 16.2 Å². The van der Waals surface area contributed by atoms with Crippen LogP contribution in [0.2, 0.25) is 0 Å². The zero-order chi connectivity index (χ0) is 87.7. The van der Waals surface area contributed by atoms with Gasteiger partial charge in [0.1, 0.15) is 66.6 Å². The number of carbonyl (C=O) groups is 16. The van der Waals surface area contributed by atoms with Crippen LogP contribution < -0.4 is 70.8 Å². The van der Waals surface area contributed by atoms with Crippen molar-refractivity contribution in [2.24, 2.45) is 76.2 Å².